The van der Waals surface area contributed by atoms with Crippen LogP contribution in [0.15, 0.2) is 162 Å². The van der Waals surface area contributed by atoms with Gasteiger partial charge in [0.15, 0.2) is 0 Å². The topological polar surface area (TPSA) is 22.4 Å². The number of fused-ring (bicyclic) bond motifs is 6. The Bertz CT molecular complexity index is 2460. The molecule has 2 heteroatoms. The van der Waals surface area contributed by atoms with E-state index in [1.165, 1.54) is 33.4 Å². The van der Waals surface area contributed by atoms with Crippen molar-refractivity contribution in [3.63, 3.8) is 0 Å². The van der Waals surface area contributed by atoms with Crippen LogP contribution in [0, 0.1) is 0 Å². The van der Waals surface area contributed by atoms with Crippen LogP contribution in [0.5, 0.6) is 11.5 Å². The Balaban J connectivity index is 1.11. The summed E-state index contributed by atoms with van der Waals surface area (Å²) in [5.74, 6) is 1.64. The van der Waals surface area contributed by atoms with Gasteiger partial charge >= 0.3 is 0 Å². The summed E-state index contributed by atoms with van der Waals surface area (Å²) < 4.78 is 13.1. The molecule has 0 N–H and O–H groups in total. The largest absolute Gasteiger partial charge is 0.456 e. The Labute approximate surface area is 274 Å². The number of hydrogen-bond acceptors (Lipinski definition) is 2. The minimum Gasteiger partial charge on any atom is -0.456 e. The second-order valence-corrected chi connectivity index (χ2v) is 12.9. The van der Waals surface area contributed by atoms with Crippen LogP contribution in [0.1, 0.15) is 25.0 Å². The standard InChI is InChI=1S/C45H32O2/c1-45(2)39-17-9-6-16-35(39)36-27-31(20-23-40(36)45)33-14-7-10-18-41(33)46-42-19-11-8-15-34(42)32-22-25-44-38(28-32)37-26-30(21-24-43(37)47-44)29-12-4-3-5-13-29/h3-28H,1-2H3. The third kappa shape index (κ3) is 4.48. The maximum atomic E-state index is 6.81. The molecule has 1 aromatic heterocycles. The maximum Gasteiger partial charge on any atom is 0.135 e. The number of furan rings is 1. The van der Waals surface area contributed by atoms with Crippen molar-refractivity contribution >= 4 is 21.9 Å². The zero-order valence-corrected chi connectivity index (χ0v) is 26.3. The zero-order chi connectivity index (χ0) is 31.5. The van der Waals surface area contributed by atoms with Crippen LogP contribution in [0.2, 0.25) is 0 Å². The van der Waals surface area contributed by atoms with Crippen molar-refractivity contribution in [1.29, 1.82) is 0 Å². The number of hydrogen-bond donors (Lipinski definition) is 0. The first-order valence-corrected chi connectivity index (χ1v) is 16.2. The third-order valence-corrected chi connectivity index (χ3v) is 9.78. The van der Waals surface area contributed by atoms with Crippen LogP contribution in [-0.4, -0.2) is 0 Å². The average Bonchev–Trinajstić information content (AvgIpc) is 3.60. The van der Waals surface area contributed by atoms with Crippen molar-refractivity contribution in [2.24, 2.45) is 0 Å². The van der Waals surface area contributed by atoms with Crippen molar-refractivity contribution in [1.82, 2.24) is 0 Å². The molecule has 1 heterocycles. The van der Waals surface area contributed by atoms with E-state index in [4.69, 9.17) is 9.15 Å². The van der Waals surface area contributed by atoms with Gasteiger partial charge in [0, 0.05) is 27.3 Å². The number of benzene rings is 7. The molecule has 0 aliphatic heterocycles. The quantitative estimate of drug-likeness (QED) is 0.195. The molecule has 0 radical (unpaired) electrons. The molecule has 0 amide bonds. The Morgan fingerprint density at radius 2 is 0.915 bits per heavy atom. The van der Waals surface area contributed by atoms with E-state index in [1.54, 1.807) is 0 Å². The summed E-state index contributed by atoms with van der Waals surface area (Å²) >= 11 is 0. The first kappa shape index (κ1) is 27.5. The summed E-state index contributed by atoms with van der Waals surface area (Å²) in [5.41, 5.74) is 13.8. The number of para-hydroxylation sites is 2. The molecule has 9 rings (SSSR count). The molecule has 1 aliphatic carbocycles. The monoisotopic (exact) mass is 604 g/mol. The van der Waals surface area contributed by atoms with E-state index in [1.807, 2.05) is 18.2 Å². The summed E-state index contributed by atoms with van der Waals surface area (Å²) in [6, 6.07) is 55.6. The molecule has 0 saturated carbocycles. The molecular weight excluding hydrogens is 572 g/mol. The molecule has 0 fully saturated rings. The highest BCUT2D eigenvalue weighted by Crippen LogP contribution is 2.50. The van der Waals surface area contributed by atoms with Crippen molar-refractivity contribution in [3.8, 4) is 56.0 Å². The van der Waals surface area contributed by atoms with Gasteiger partial charge in [-0.3, -0.25) is 0 Å². The molecule has 0 saturated heterocycles. The van der Waals surface area contributed by atoms with Crippen molar-refractivity contribution in [2.45, 2.75) is 19.3 Å². The summed E-state index contributed by atoms with van der Waals surface area (Å²) in [6.07, 6.45) is 0. The predicted molar refractivity (Wildman–Crippen MR) is 194 cm³/mol. The molecule has 7 aromatic carbocycles. The van der Waals surface area contributed by atoms with Crippen LogP contribution in [0.3, 0.4) is 0 Å². The van der Waals surface area contributed by atoms with Crippen LogP contribution in [0.4, 0.5) is 0 Å². The van der Waals surface area contributed by atoms with Crippen LogP contribution < -0.4 is 4.74 Å². The summed E-state index contributed by atoms with van der Waals surface area (Å²) in [6.45, 7) is 4.63. The summed E-state index contributed by atoms with van der Waals surface area (Å²) in [7, 11) is 0. The summed E-state index contributed by atoms with van der Waals surface area (Å²) in [4.78, 5) is 0. The first-order valence-electron chi connectivity index (χ1n) is 16.2. The van der Waals surface area contributed by atoms with Crippen molar-refractivity contribution in [2.75, 3.05) is 0 Å². The molecule has 0 spiro atoms. The fourth-order valence-electron chi connectivity index (χ4n) is 7.35. The smallest absolute Gasteiger partial charge is 0.135 e. The van der Waals surface area contributed by atoms with E-state index < -0.39 is 0 Å². The third-order valence-electron chi connectivity index (χ3n) is 9.78. The van der Waals surface area contributed by atoms with E-state index in [9.17, 15) is 0 Å². The van der Waals surface area contributed by atoms with E-state index >= 15 is 0 Å². The highest BCUT2D eigenvalue weighted by atomic mass is 16.5. The van der Waals surface area contributed by atoms with E-state index in [0.717, 1.165) is 55.7 Å². The molecule has 1 aliphatic rings. The maximum absolute atomic E-state index is 6.81. The molecule has 0 unspecified atom stereocenters. The first-order chi connectivity index (χ1) is 23.0. The van der Waals surface area contributed by atoms with Gasteiger partial charge < -0.3 is 9.15 Å². The summed E-state index contributed by atoms with van der Waals surface area (Å²) in [5, 5.41) is 2.19. The molecular formula is C45H32O2. The zero-order valence-electron chi connectivity index (χ0n) is 26.3. The highest BCUT2D eigenvalue weighted by molar-refractivity contribution is 6.07. The lowest BCUT2D eigenvalue weighted by molar-refractivity contribution is 0.486. The fourth-order valence-corrected chi connectivity index (χ4v) is 7.35. The van der Waals surface area contributed by atoms with E-state index in [2.05, 4.69) is 153 Å². The lowest BCUT2D eigenvalue weighted by Crippen LogP contribution is -2.14. The number of ether oxygens (including phenoxy) is 1. The van der Waals surface area contributed by atoms with Gasteiger partial charge in [-0.15, -0.1) is 0 Å². The Kier molecular flexibility index (Phi) is 6.20. The molecule has 8 aromatic rings. The molecule has 47 heavy (non-hydrogen) atoms. The molecule has 224 valence electrons. The minimum absolute atomic E-state index is 0.0239. The second-order valence-electron chi connectivity index (χ2n) is 12.9. The van der Waals surface area contributed by atoms with Crippen LogP contribution in [0.25, 0.3) is 66.4 Å². The van der Waals surface area contributed by atoms with E-state index in [-0.39, 0.29) is 5.41 Å². The Hall–Kier alpha value is -5.86. The lowest BCUT2D eigenvalue weighted by atomic mass is 9.82. The highest BCUT2D eigenvalue weighted by Gasteiger charge is 2.35. The van der Waals surface area contributed by atoms with Crippen LogP contribution in [-0.2, 0) is 5.41 Å². The average molecular weight is 605 g/mol. The van der Waals surface area contributed by atoms with Gasteiger partial charge in [0.05, 0.1) is 0 Å². The van der Waals surface area contributed by atoms with Gasteiger partial charge in [-0.2, -0.15) is 0 Å². The van der Waals surface area contributed by atoms with Gasteiger partial charge in [-0.25, -0.2) is 0 Å². The van der Waals surface area contributed by atoms with Gasteiger partial charge in [-0.05, 0) is 87.0 Å². The minimum atomic E-state index is -0.0239. The second kappa shape index (κ2) is 10.6. The molecule has 2 nitrogen and oxygen atoms in total. The Morgan fingerprint density at radius 3 is 1.62 bits per heavy atom. The predicted octanol–water partition coefficient (Wildman–Crippen LogP) is 12.7. The molecule has 0 atom stereocenters. The Morgan fingerprint density at radius 1 is 0.404 bits per heavy atom. The van der Waals surface area contributed by atoms with Gasteiger partial charge in [0.1, 0.15) is 22.7 Å². The number of rotatable bonds is 5. The van der Waals surface area contributed by atoms with Gasteiger partial charge in [0.2, 0.25) is 0 Å². The van der Waals surface area contributed by atoms with Gasteiger partial charge in [-0.1, -0.05) is 129 Å². The van der Waals surface area contributed by atoms with Crippen LogP contribution >= 0.6 is 0 Å². The normalized spacial score (nSPS) is 13.1. The van der Waals surface area contributed by atoms with E-state index in [0.29, 0.717) is 0 Å². The molecule has 0 bridgehead atoms. The van der Waals surface area contributed by atoms with Crippen molar-refractivity contribution < 1.29 is 9.15 Å². The lowest BCUT2D eigenvalue weighted by Gasteiger charge is -2.21. The van der Waals surface area contributed by atoms with Gasteiger partial charge in [0.25, 0.3) is 0 Å². The fraction of sp³-hybridized carbons (Fsp3) is 0.0667. The van der Waals surface area contributed by atoms with Crippen molar-refractivity contribution in [3.05, 3.63) is 169 Å². The SMILES string of the molecule is CC1(C)c2ccccc2-c2cc(-c3ccccc3Oc3ccccc3-c3ccc4oc5ccc(-c6ccccc6)cc5c4c3)ccc21.